The van der Waals surface area contributed by atoms with E-state index in [0.29, 0.717) is 48.4 Å². The Hall–Kier alpha value is -2.83. The second-order valence-electron chi connectivity index (χ2n) is 5.29. The summed E-state index contributed by atoms with van der Waals surface area (Å²) in [6, 6.07) is 4.63. The van der Waals surface area contributed by atoms with Crippen molar-refractivity contribution in [2.24, 2.45) is 0 Å². The summed E-state index contributed by atoms with van der Waals surface area (Å²) in [5.74, 6) is 1.80. The van der Waals surface area contributed by atoms with E-state index in [1.54, 1.807) is 31.2 Å². The lowest BCUT2D eigenvalue weighted by atomic mass is 10.1. The molecular formula is C18H23N3O4. The summed E-state index contributed by atoms with van der Waals surface area (Å²) in [5, 5.41) is 6.67. The Kier molecular flexibility index (Phi) is 6.56. The van der Waals surface area contributed by atoms with Crippen LogP contribution in [0, 0.1) is 0 Å². The van der Waals surface area contributed by atoms with Gasteiger partial charge in [-0.2, -0.15) is 4.98 Å². The van der Waals surface area contributed by atoms with Crippen molar-refractivity contribution in [1.82, 2.24) is 15.5 Å². The quantitative estimate of drug-likeness (QED) is 0.703. The number of nitrogens with one attached hydrogen (secondary N) is 1. The number of benzene rings is 1. The second kappa shape index (κ2) is 8.86. The van der Waals surface area contributed by atoms with E-state index in [1.807, 2.05) is 13.8 Å². The molecule has 0 radical (unpaired) electrons. The third-order valence-electron chi connectivity index (χ3n) is 3.38. The predicted molar refractivity (Wildman–Crippen MR) is 92.9 cm³/mol. The molecule has 0 unspecified atom stereocenters. The lowest BCUT2D eigenvalue weighted by molar-refractivity contribution is 0.0932. The van der Waals surface area contributed by atoms with Gasteiger partial charge in [-0.25, -0.2) is 0 Å². The van der Waals surface area contributed by atoms with Crippen LogP contribution in [0.3, 0.4) is 0 Å². The molecule has 1 aromatic heterocycles. The molecule has 25 heavy (non-hydrogen) atoms. The minimum atomic E-state index is -0.396. The zero-order chi connectivity index (χ0) is 18.2. The van der Waals surface area contributed by atoms with Gasteiger partial charge in [0.25, 0.3) is 5.91 Å². The molecule has 1 amide bonds. The van der Waals surface area contributed by atoms with Crippen molar-refractivity contribution >= 4 is 5.91 Å². The van der Waals surface area contributed by atoms with Gasteiger partial charge in [-0.3, -0.25) is 4.79 Å². The number of carbonyl (C=O) groups excluding carboxylic acids is 1. The highest BCUT2D eigenvalue weighted by Crippen LogP contribution is 2.28. The Morgan fingerprint density at radius 2 is 2.16 bits per heavy atom. The minimum Gasteiger partial charge on any atom is -0.490 e. The molecule has 1 aromatic carbocycles. The molecule has 0 aliphatic carbocycles. The molecule has 2 rings (SSSR count). The van der Waals surface area contributed by atoms with Crippen molar-refractivity contribution in [1.29, 1.82) is 0 Å². The summed E-state index contributed by atoms with van der Waals surface area (Å²) in [6.45, 7) is 10.0. The number of ether oxygens (including phenoxy) is 2. The Morgan fingerprint density at radius 1 is 1.36 bits per heavy atom. The fraction of sp³-hybridized carbons (Fsp3) is 0.389. The van der Waals surface area contributed by atoms with Gasteiger partial charge in [0.1, 0.15) is 12.6 Å². The van der Waals surface area contributed by atoms with Crippen LogP contribution in [0.4, 0.5) is 0 Å². The molecule has 1 atom stereocenters. The van der Waals surface area contributed by atoms with Crippen molar-refractivity contribution in [2.75, 3.05) is 13.2 Å². The Labute approximate surface area is 147 Å². The topological polar surface area (TPSA) is 86.5 Å². The molecule has 1 N–H and O–H groups in total. The highest BCUT2D eigenvalue weighted by molar-refractivity contribution is 5.95. The van der Waals surface area contributed by atoms with Gasteiger partial charge in [0.05, 0.1) is 6.61 Å². The molecule has 0 spiro atoms. The van der Waals surface area contributed by atoms with Crippen molar-refractivity contribution in [2.45, 2.75) is 33.2 Å². The van der Waals surface area contributed by atoms with E-state index in [0.717, 1.165) is 0 Å². The second-order valence-corrected chi connectivity index (χ2v) is 5.29. The van der Waals surface area contributed by atoms with Gasteiger partial charge in [0.2, 0.25) is 5.89 Å². The third-order valence-corrected chi connectivity index (χ3v) is 3.38. The van der Waals surface area contributed by atoms with Gasteiger partial charge in [-0.05, 0) is 32.0 Å². The summed E-state index contributed by atoms with van der Waals surface area (Å²) in [6.07, 6.45) is 2.32. The highest BCUT2D eigenvalue weighted by Gasteiger charge is 2.18. The Balaban J connectivity index is 2.12. The van der Waals surface area contributed by atoms with Crippen LogP contribution in [0.1, 0.15) is 48.9 Å². The van der Waals surface area contributed by atoms with Gasteiger partial charge < -0.3 is 19.3 Å². The molecular weight excluding hydrogens is 322 g/mol. The first-order valence-electron chi connectivity index (χ1n) is 8.22. The third kappa shape index (κ3) is 4.82. The van der Waals surface area contributed by atoms with Crippen molar-refractivity contribution in [3.8, 4) is 11.5 Å². The molecule has 0 bridgehead atoms. The van der Waals surface area contributed by atoms with Crippen LogP contribution in [0.15, 0.2) is 35.4 Å². The first-order valence-corrected chi connectivity index (χ1v) is 8.22. The monoisotopic (exact) mass is 345 g/mol. The minimum absolute atomic E-state index is 0.264. The van der Waals surface area contributed by atoms with E-state index in [-0.39, 0.29) is 5.91 Å². The number of aryl methyl sites for hydroxylation is 1. The molecule has 0 aliphatic rings. The molecule has 0 aliphatic heterocycles. The van der Waals surface area contributed by atoms with E-state index < -0.39 is 6.04 Å². The van der Waals surface area contributed by atoms with Gasteiger partial charge in [0, 0.05) is 12.0 Å². The SMILES string of the molecule is C=CCOc1ccc(C(=O)N[C@@H](C)c2nc(CC)no2)cc1OCC. The van der Waals surface area contributed by atoms with Crippen LogP contribution >= 0.6 is 0 Å². The van der Waals surface area contributed by atoms with Crippen molar-refractivity contribution in [3.05, 3.63) is 48.1 Å². The fourth-order valence-electron chi connectivity index (χ4n) is 2.11. The van der Waals surface area contributed by atoms with Crippen LogP contribution < -0.4 is 14.8 Å². The number of nitrogens with zero attached hydrogens (tertiary/aromatic N) is 2. The normalized spacial score (nSPS) is 11.6. The molecule has 7 heteroatoms. The zero-order valence-corrected chi connectivity index (χ0v) is 14.7. The fourth-order valence-corrected chi connectivity index (χ4v) is 2.11. The lowest BCUT2D eigenvalue weighted by Crippen LogP contribution is -2.27. The number of aromatic nitrogens is 2. The van der Waals surface area contributed by atoms with E-state index in [1.165, 1.54) is 0 Å². The van der Waals surface area contributed by atoms with Gasteiger partial charge in [0.15, 0.2) is 17.3 Å². The van der Waals surface area contributed by atoms with E-state index in [9.17, 15) is 4.79 Å². The summed E-state index contributed by atoms with van der Waals surface area (Å²) in [4.78, 5) is 16.7. The number of amides is 1. The maximum Gasteiger partial charge on any atom is 0.252 e. The molecule has 1 heterocycles. The van der Waals surface area contributed by atoms with Crippen LogP contribution in [0.2, 0.25) is 0 Å². The summed E-state index contributed by atoms with van der Waals surface area (Å²) < 4.78 is 16.2. The highest BCUT2D eigenvalue weighted by atomic mass is 16.5. The van der Waals surface area contributed by atoms with Crippen molar-refractivity contribution in [3.63, 3.8) is 0 Å². The van der Waals surface area contributed by atoms with Crippen LogP contribution in [0.5, 0.6) is 11.5 Å². The molecule has 0 saturated carbocycles. The lowest BCUT2D eigenvalue weighted by Gasteiger charge is -2.14. The molecule has 0 saturated heterocycles. The average Bonchev–Trinajstić information content (AvgIpc) is 3.10. The number of carbonyl (C=O) groups is 1. The number of rotatable bonds is 9. The van der Waals surface area contributed by atoms with Crippen LogP contribution in [0.25, 0.3) is 0 Å². The first kappa shape index (κ1) is 18.5. The maximum absolute atomic E-state index is 12.5. The molecule has 2 aromatic rings. The van der Waals surface area contributed by atoms with Gasteiger partial charge >= 0.3 is 0 Å². The maximum atomic E-state index is 12.5. The van der Waals surface area contributed by atoms with Crippen LogP contribution in [-0.4, -0.2) is 29.3 Å². The smallest absolute Gasteiger partial charge is 0.252 e. The molecule has 0 fully saturated rings. The standard InChI is InChI=1S/C18H23N3O4/c1-5-10-24-14-9-8-13(11-15(14)23-7-3)17(22)19-12(4)18-20-16(6-2)21-25-18/h5,8-9,11-12H,1,6-7,10H2,2-4H3,(H,19,22)/t12-/m0/s1. The van der Waals surface area contributed by atoms with Gasteiger partial charge in [-0.15, -0.1) is 0 Å². The number of hydrogen-bond acceptors (Lipinski definition) is 6. The first-order chi connectivity index (χ1) is 12.1. The van der Waals surface area contributed by atoms with Crippen molar-refractivity contribution < 1.29 is 18.8 Å². The average molecular weight is 345 g/mol. The summed E-state index contributed by atoms with van der Waals surface area (Å²) in [7, 11) is 0. The Bertz CT molecular complexity index is 727. The predicted octanol–water partition coefficient (Wildman–Crippen LogP) is 3.09. The summed E-state index contributed by atoms with van der Waals surface area (Å²) >= 11 is 0. The van der Waals surface area contributed by atoms with Gasteiger partial charge in [-0.1, -0.05) is 24.7 Å². The zero-order valence-electron chi connectivity index (χ0n) is 14.7. The number of hydrogen-bond donors (Lipinski definition) is 1. The summed E-state index contributed by atoms with van der Waals surface area (Å²) in [5.41, 5.74) is 0.455. The van der Waals surface area contributed by atoms with E-state index in [4.69, 9.17) is 14.0 Å². The Morgan fingerprint density at radius 3 is 2.80 bits per heavy atom. The van der Waals surface area contributed by atoms with E-state index >= 15 is 0 Å². The van der Waals surface area contributed by atoms with Crippen LogP contribution in [-0.2, 0) is 6.42 Å². The molecule has 7 nitrogen and oxygen atoms in total. The molecule has 134 valence electrons. The largest absolute Gasteiger partial charge is 0.490 e. The van der Waals surface area contributed by atoms with E-state index in [2.05, 4.69) is 22.0 Å².